The van der Waals surface area contributed by atoms with Crippen LogP contribution >= 0.6 is 23.5 Å². The molecule has 1 aliphatic rings. The van der Waals surface area contributed by atoms with Gasteiger partial charge in [-0.05, 0) is 43.1 Å². The number of hydrogen-bond donors (Lipinski definition) is 1. The van der Waals surface area contributed by atoms with Gasteiger partial charge in [-0.25, -0.2) is 0 Å². The van der Waals surface area contributed by atoms with Crippen LogP contribution in [0.2, 0.25) is 0 Å². The molecule has 3 nitrogen and oxygen atoms in total. The molecule has 26 heavy (non-hydrogen) atoms. The summed E-state index contributed by atoms with van der Waals surface area (Å²) in [7, 11) is 1.73. The summed E-state index contributed by atoms with van der Waals surface area (Å²) in [6.45, 7) is 6.17. The number of methoxy groups -OCH3 is 1. The van der Waals surface area contributed by atoms with Gasteiger partial charge in [0.1, 0.15) is 18.1 Å². The lowest BCUT2D eigenvalue weighted by Gasteiger charge is -2.19. The average molecular weight is 390 g/mol. The minimum atomic E-state index is 0.380. The molecule has 5 heteroatoms. The first-order valence-electron chi connectivity index (χ1n) is 9.01. The first-order valence-corrected chi connectivity index (χ1v) is 11.0. The standard InChI is InChI=1S/C21H27NO2S2/c1-15(13-25-20-10-5-4-8-18(20)23-3)11-22-17-12-24-19-9-6-7-16(2)21(19)26-14-17/h4-10,15,17,22H,11-14H2,1-3H3/t15-,17?/m1/s1. The molecular formula is C21H27NO2S2. The number of fused-ring (bicyclic) bond motifs is 1. The molecule has 0 fully saturated rings. The predicted octanol–water partition coefficient (Wildman–Crippen LogP) is 4.87. The van der Waals surface area contributed by atoms with Crippen molar-refractivity contribution in [3.63, 3.8) is 0 Å². The van der Waals surface area contributed by atoms with Crippen LogP contribution in [0.4, 0.5) is 0 Å². The fourth-order valence-electron chi connectivity index (χ4n) is 2.86. The van der Waals surface area contributed by atoms with Gasteiger partial charge >= 0.3 is 0 Å². The van der Waals surface area contributed by atoms with E-state index in [9.17, 15) is 0 Å². The second-order valence-electron chi connectivity index (χ2n) is 6.70. The maximum atomic E-state index is 6.03. The third kappa shape index (κ3) is 5.12. The fourth-order valence-corrected chi connectivity index (χ4v) is 5.06. The van der Waals surface area contributed by atoms with Crippen LogP contribution in [0.15, 0.2) is 52.3 Å². The van der Waals surface area contributed by atoms with Crippen molar-refractivity contribution in [2.45, 2.75) is 29.7 Å². The molecular weight excluding hydrogens is 362 g/mol. The Balaban J connectivity index is 1.45. The zero-order chi connectivity index (χ0) is 18.4. The van der Waals surface area contributed by atoms with Crippen molar-refractivity contribution < 1.29 is 9.47 Å². The molecule has 1 heterocycles. The van der Waals surface area contributed by atoms with Gasteiger partial charge in [-0.2, -0.15) is 0 Å². The molecule has 1 aliphatic heterocycles. The topological polar surface area (TPSA) is 30.5 Å². The monoisotopic (exact) mass is 389 g/mol. The summed E-state index contributed by atoms with van der Waals surface area (Å²) < 4.78 is 11.5. The molecule has 3 rings (SSSR count). The molecule has 2 aromatic rings. The number of ether oxygens (including phenoxy) is 2. The summed E-state index contributed by atoms with van der Waals surface area (Å²) >= 11 is 3.76. The van der Waals surface area contributed by atoms with E-state index in [1.165, 1.54) is 15.4 Å². The van der Waals surface area contributed by atoms with Crippen LogP contribution in [0, 0.1) is 12.8 Å². The quantitative estimate of drug-likeness (QED) is 0.682. The summed E-state index contributed by atoms with van der Waals surface area (Å²) in [6, 6.07) is 14.9. The van der Waals surface area contributed by atoms with E-state index in [1.54, 1.807) is 7.11 Å². The van der Waals surface area contributed by atoms with Gasteiger partial charge < -0.3 is 14.8 Å². The van der Waals surface area contributed by atoms with Crippen molar-refractivity contribution in [1.29, 1.82) is 0 Å². The molecule has 2 aromatic carbocycles. The first kappa shape index (κ1) is 19.5. The summed E-state index contributed by atoms with van der Waals surface area (Å²) in [4.78, 5) is 2.50. The number of rotatable bonds is 7. The minimum Gasteiger partial charge on any atom is -0.496 e. The maximum absolute atomic E-state index is 6.03. The van der Waals surface area contributed by atoms with E-state index in [2.05, 4.69) is 49.5 Å². The molecule has 1 N–H and O–H groups in total. The zero-order valence-electron chi connectivity index (χ0n) is 15.7. The summed E-state index contributed by atoms with van der Waals surface area (Å²) in [5.41, 5.74) is 1.30. The largest absolute Gasteiger partial charge is 0.496 e. The normalized spacial score (nSPS) is 17.7. The molecule has 0 bridgehead atoms. The molecule has 0 aromatic heterocycles. The Kier molecular flexibility index (Phi) is 7.17. The van der Waals surface area contributed by atoms with Gasteiger partial charge in [-0.3, -0.25) is 0 Å². The Hall–Kier alpha value is -1.30. The van der Waals surface area contributed by atoms with Gasteiger partial charge in [0.2, 0.25) is 0 Å². The lowest BCUT2D eigenvalue weighted by Crippen LogP contribution is -2.39. The maximum Gasteiger partial charge on any atom is 0.133 e. The van der Waals surface area contributed by atoms with Gasteiger partial charge in [0, 0.05) is 16.4 Å². The molecule has 0 aliphatic carbocycles. The Morgan fingerprint density at radius 3 is 2.96 bits per heavy atom. The van der Waals surface area contributed by atoms with Crippen molar-refractivity contribution in [2.24, 2.45) is 5.92 Å². The van der Waals surface area contributed by atoms with E-state index in [0.717, 1.165) is 36.2 Å². The van der Waals surface area contributed by atoms with E-state index in [0.29, 0.717) is 12.0 Å². The Labute approximate surface area is 165 Å². The van der Waals surface area contributed by atoms with Gasteiger partial charge in [-0.15, -0.1) is 23.5 Å². The van der Waals surface area contributed by atoms with Crippen molar-refractivity contribution in [1.82, 2.24) is 5.32 Å². The molecule has 0 saturated heterocycles. The highest BCUT2D eigenvalue weighted by atomic mass is 32.2. The third-order valence-electron chi connectivity index (χ3n) is 4.39. The highest BCUT2D eigenvalue weighted by molar-refractivity contribution is 7.99. The molecule has 1 unspecified atom stereocenters. The number of nitrogens with one attached hydrogen (secondary N) is 1. The van der Waals surface area contributed by atoms with Crippen LogP contribution < -0.4 is 14.8 Å². The van der Waals surface area contributed by atoms with Crippen LogP contribution in [0.25, 0.3) is 0 Å². The second-order valence-corrected chi connectivity index (χ2v) is 8.79. The van der Waals surface area contributed by atoms with Crippen LogP contribution in [-0.2, 0) is 0 Å². The zero-order valence-corrected chi connectivity index (χ0v) is 17.3. The minimum absolute atomic E-state index is 0.380. The van der Waals surface area contributed by atoms with Crippen LogP contribution in [0.1, 0.15) is 12.5 Å². The Morgan fingerprint density at radius 2 is 2.12 bits per heavy atom. The van der Waals surface area contributed by atoms with E-state index in [4.69, 9.17) is 9.47 Å². The molecule has 0 radical (unpaired) electrons. The molecule has 2 atom stereocenters. The van der Waals surface area contributed by atoms with Crippen molar-refractivity contribution in [3.8, 4) is 11.5 Å². The van der Waals surface area contributed by atoms with E-state index in [-0.39, 0.29) is 0 Å². The van der Waals surface area contributed by atoms with E-state index in [1.807, 2.05) is 35.7 Å². The number of aryl methyl sites for hydroxylation is 1. The highest BCUT2D eigenvalue weighted by Gasteiger charge is 2.19. The van der Waals surface area contributed by atoms with Crippen molar-refractivity contribution in [3.05, 3.63) is 48.0 Å². The summed E-state index contributed by atoms with van der Waals surface area (Å²) in [6.07, 6.45) is 0. The SMILES string of the molecule is COc1ccccc1SC[C@H](C)CNC1COc2cccc(C)c2SC1. The fraction of sp³-hybridized carbons (Fsp3) is 0.429. The second kappa shape index (κ2) is 9.58. The molecule has 0 spiro atoms. The van der Waals surface area contributed by atoms with Crippen LogP contribution in [0.3, 0.4) is 0 Å². The number of benzene rings is 2. The van der Waals surface area contributed by atoms with Gasteiger partial charge in [0.05, 0.1) is 18.0 Å². The smallest absolute Gasteiger partial charge is 0.133 e. The first-order chi connectivity index (χ1) is 12.7. The highest BCUT2D eigenvalue weighted by Crippen LogP contribution is 2.35. The molecule has 140 valence electrons. The number of thioether (sulfide) groups is 2. The predicted molar refractivity (Wildman–Crippen MR) is 112 cm³/mol. The average Bonchev–Trinajstić information content (AvgIpc) is 2.88. The Morgan fingerprint density at radius 1 is 1.27 bits per heavy atom. The molecule has 0 saturated carbocycles. The summed E-state index contributed by atoms with van der Waals surface area (Å²) in [5.74, 6) is 4.66. The van der Waals surface area contributed by atoms with Crippen molar-refractivity contribution in [2.75, 3.05) is 31.8 Å². The lowest BCUT2D eigenvalue weighted by atomic mass is 10.2. The van der Waals surface area contributed by atoms with E-state index >= 15 is 0 Å². The number of para-hydroxylation sites is 1. The summed E-state index contributed by atoms with van der Waals surface area (Å²) in [5, 5.41) is 3.69. The van der Waals surface area contributed by atoms with E-state index < -0.39 is 0 Å². The van der Waals surface area contributed by atoms with Crippen LogP contribution in [-0.4, -0.2) is 37.8 Å². The van der Waals surface area contributed by atoms with Crippen LogP contribution in [0.5, 0.6) is 11.5 Å². The molecule has 0 amide bonds. The van der Waals surface area contributed by atoms with Crippen molar-refractivity contribution >= 4 is 23.5 Å². The lowest BCUT2D eigenvalue weighted by molar-refractivity contribution is 0.270. The van der Waals surface area contributed by atoms with Gasteiger partial charge in [0.25, 0.3) is 0 Å². The number of hydrogen-bond acceptors (Lipinski definition) is 5. The van der Waals surface area contributed by atoms with Gasteiger partial charge in [-0.1, -0.05) is 31.2 Å². The Bertz CT molecular complexity index is 723. The third-order valence-corrected chi connectivity index (χ3v) is 7.16. The van der Waals surface area contributed by atoms with Gasteiger partial charge in [0.15, 0.2) is 0 Å².